The fourth-order valence-electron chi connectivity index (χ4n) is 4.23. The quantitative estimate of drug-likeness (QED) is 0.356. The molecular weight excluding hydrogens is 477 g/mol. The molecule has 2 N–H and O–H groups in total. The van der Waals surface area contributed by atoms with Crippen molar-refractivity contribution in [1.29, 1.82) is 0 Å². The molecular formula is C21H32IN7. The molecule has 1 fully saturated rings. The van der Waals surface area contributed by atoms with Gasteiger partial charge in [-0.2, -0.15) is 0 Å². The summed E-state index contributed by atoms with van der Waals surface area (Å²) in [5, 5.41) is 15.6. The summed E-state index contributed by atoms with van der Waals surface area (Å²) in [6.45, 7) is 8.88. The van der Waals surface area contributed by atoms with E-state index in [4.69, 9.17) is 4.99 Å². The smallest absolute Gasteiger partial charge is 0.191 e. The lowest BCUT2D eigenvalue weighted by molar-refractivity contribution is 0.258. The van der Waals surface area contributed by atoms with Gasteiger partial charge in [0.25, 0.3) is 0 Å². The van der Waals surface area contributed by atoms with Crippen molar-refractivity contribution < 1.29 is 0 Å². The Morgan fingerprint density at radius 3 is 2.86 bits per heavy atom. The number of halogens is 1. The fourth-order valence-corrected chi connectivity index (χ4v) is 4.23. The summed E-state index contributed by atoms with van der Waals surface area (Å²) < 4.78 is 2.21. The van der Waals surface area contributed by atoms with Gasteiger partial charge in [-0.1, -0.05) is 30.3 Å². The third-order valence-corrected chi connectivity index (χ3v) is 5.68. The van der Waals surface area contributed by atoms with Gasteiger partial charge in [0, 0.05) is 44.7 Å². The summed E-state index contributed by atoms with van der Waals surface area (Å²) >= 11 is 0. The van der Waals surface area contributed by atoms with Crippen molar-refractivity contribution >= 4 is 29.9 Å². The SMILES string of the molecule is CCNC(=NCc1nnc2n1CCC2)NC1CC(C)N(Cc2ccccc2)C1.I. The second-order valence-electron chi connectivity index (χ2n) is 7.82. The second kappa shape index (κ2) is 10.4. The van der Waals surface area contributed by atoms with Crippen LogP contribution in [0.25, 0.3) is 0 Å². The van der Waals surface area contributed by atoms with Crippen molar-refractivity contribution in [1.82, 2.24) is 30.3 Å². The summed E-state index contributed by atoms with van der Waals surface area (Å²) in [5.41, 5.74) is 1.37. The second-order valence-corrected chi connectivity index (χ2v) is 7.82. The molecule has 29 heavy (non-hydrogen) atoms. The molecule has 4 rings (SSSR count). The Balaban J connectivity index is 0.00000240. The number of guanidine groups is 1. The minimum atomic E-state index is 0. The number of hydrogen-bond donors (Lipinski definition) is 2. The van der Waals surface area contributed by atoms with Crippen molar-refractivity contribution in [2.45, 2.75) is 64.8 Å². The predicted molar refractivity (Wildman–Crippen MR) is 126 cm³/mol. The fraction of sp³-hybridized carbons (Fsp3) is 0.571. The molecule has 8 heteroatoms. The Hall–Kier alpha value is -1.68. The highest BCUT2D eigenvalue weighted by Crippen LogP contribution is 2.20. The van der Waals surface area contributed by atoms with E-state index in [0.717, 1.165) is 63.0 Å². The van der Waals surface area contributed by atoms with Crippen molar-refractivity contribution in [3.8, 4) is 0 Å². The lowest BCUT2D eigenvalue weighted by Crippen LogP contribution is -2.44. The molecule has 3 heterocycles. The topological polar surface area (TPSA) is 70.4 Å². The van der Waals surface area contributed by atoms with Gasteiger partial charge in [-0.05, 0) is 32.3 Å². The van der Waals surface area contributed by atoms with E-state index in [0.29, 0.717) is 18.6 Å². The zero-order valence-corrected chi connectivity index (χ0v) is 19.7. The number of benzene rings is 1. The average Bonchev–Trinajstić information content (AvgIpc) is 3.38. The van der Waals surface area contributed by atoms with Gasteiger partial charge in [0.2, 0.25) is 0 Å². The highest BCUT2D eigenvalue weighted by atomic mass is 127. The molecule has 1 saturated heterocycles. The van der Waals surface area contributed by atoms with Crippen LogP contribution in [0.5, 0.6) is 0 Å². The monoisotopic (exact) mass is 509 g/mol. The van der Waals surface area contributed by atoms with E-state index in [-0.39, 0.29) is 24.0 Å². The third kappa shape index (κ3) is 5.48. The van der Waals surface area contributed by atoms with Crippen LogP contribution in [0.15, 0.2) is 35.3 Å². The first-order chi connectivity index (χ1) is 13.7. The molecule has 0 amide bonds. The molecule has 158 valence electrons. The van der Waals surface area contributed by atoms with Crippen LogP contribution in [0.4, 0.5) is 0 Å². The Labute approximate surface area is 190 Å². The Kier molecular flexibility index (Phi) is 7.88. The standard InChI is InChI=1S/C21H31N7.HI/c1-3-22-21(23-13-20-26-25-19-10-7-11-28(19)20)24-18-12-16(2)27(15-18)14-17-8-5-4-6-9-17;/h4-6,8-9,16,18H,3,7,10-15H2,1-2H3,(H2,22,23,24);1H. The minimum Gasteiger partial charge on any atom is -0.357 e. The van der Waals surface area contributed by atoms with Gasteiger partial charge in [0.05, 0.1) is 0 Å². The number of likely N-dealkylation sites (tertiary alicyclic amines) is 1. The van der Waals surface area contributed by atoms with Gasteiger partial charge in [-0.3, -0.25) is 4.90 Å². The summed E-state index contributed by atoms with van der Waals surface area (Å²) in [6, 6.07) is 11.7. The lowest BCUT2D eigenvalue weighted by Gasteiger charge is -2.21. The molecule has 2 aliphatic heterocycles. The highest BCUT2D eigenvalue weighted by Gasteiger charge is 2.29. The van der Waals surface area contributed by atoms with Crippen LogP contribution in [0.3, 0.4) is 0 Å². The number of nitrogens with zero attached hydrogens (tertiary/aromatic N) is 5. The van der Waals surface area contributed by atoms with E-state index in [1.54, 1.807) is 0 Å². The van der Waals surface area contributed by atoms with Crippen LogP contribution in [-0.4, -0.2) is 50.8 Å². The number of hydrogen-bond acceptors (Lipinski definition) is 4. The first-order valence-corrected chi connectivity index (χ1v) is 10.5. The van der Waals surface area contributed by atoms with Crippen molar-refractivity contribution in [2.24, 2.45) is 4.99 Å². The molecule has 0 aliphatic carbocycles. The maximum absolute atomic E-state index is 4.78. The van der Waals surface area contributed by atoms with Crippen molar-refractivity contribution in [3.05, 3.63) is 47.5 Å². The van der Waals surface area contributed by atoms with E-state index >= 15 is 0 Å². The largest absolute Gasteiger partial charge is 0.357 e. The maximum atomic E-state index is 4.78. The predicted octanol–water partition coefficient (Wildman–Crippen LogP) is 2.56. The number of nitrogens with one attached hydrogen (secondary N) is 2. The Morgan fingerprint density at radius 1 is 1.24 bits per heavy atom. The van der Waals surface area contributed by atoms with Gasteiger partial charge in [-0.25, -0.2) is 4.99 Å². The van der Waals surface area contributed by atoms with E-state index in [9.17, 15) is 0 Å². The zero-order chi connectivity index (χ0) is 19.3. The van der Waals surface area contributed by atoms with E-state index in [1.165, 1.54) is 5.56 Å². The molecule has 1 aromatic heterocycles. The third-order valence-electron chi connectivity index (χ3n) is 5.68. The summed E-state index contributed by atoms with van der Waals surface area (Å²) in [7, 11) is 0. The molecule has 0 radical (unpaired) electrons. The van der Waals surface area contributed by atoms with Crippen LogP contribution in [0.2, 0.25) is 0 Å². The molecule has 0 spiro atoms. The summed E-state index contributed by atoms with van der Waals surface area (Å²) in [4.78, 5) is 7.33. The molecule has 2 atom stereocenters. The Bertz CT molecular complexity index is 805. The van der Waals surface area contributed by atoms with Crippen LogP contribution in [0, 0.1) is 0 Å². The Morgan fingerprint density at radius 2 is 2.07 bits per heavy atom. The van der Waals surface area contributed by atoms with Crippen LogP contribution < -0.4 is 10.6 Å². The molecule has 2 aromatic rings. The molecule has 1 aromatic carbocycles. The average molecular weight is 509 g/mol. The maximum Gasteiger partial charge on any atom is 0.191 e. The van der Waals surface area contributed by atoms with Crippen LogP contribution >= 0.6 is 24.0 Å². The first kappa shape index (κ1) is 22.0. The number of rotatable bonds is 6. The van der Waals surface area contributed by atoms with E-state index in [2.05, 4.69) is 74.5 Å². The highest BCUT2D eigenvalue weighted by molar-refractivity contribution is 14.0. The molecule has 2 unspecified atom stereocenters. The number of aryl methyl sites for hydroxylation is 1. The van der Waals surface area contributed by atoms with Crippen molar-refractivity contribution in [2.75, 3.05) is 13.1 Å². The molecule has 2 aliphatic rings. The van der Waals surface area contributed by atoms with Crippen LogP contribution in [0.1, 0.15) is 43.9 Å². The van der Waals surface area contributed by atoms with E-state index < -0.39 is 0 Å². The molecule has 7 nitrogen and oxygen atoms in total. The number of aromatic nitrogens is 3. The van der Waals surface area contributed by atoms with Gasteiger partial charge < -0.3 is 15.2 Å². The first-order valence-electron chi connectivity index (χ1n) is 10.5. The van der Waals surface area contributed by atoms with Gasteiger partial charge >= 0.3 is 0 Å². The van der Waals surface area contributed by atoms with Gasteiger partial charge in [-0.15, -0.1) is 34.2 Å². The van der Waals surface area contributed by atoms with Crippen LogP contribution in [-0.2, 0) is 26.1 Å². The zero-order valence-electron chi connectivity index (χ0n) is 17.3. The van der Waals surface area contributed by atoms with E-state index in [1.807, 2.05) is 0 Å². The van der Waals surface area contributed by atoms with Gasteiger partial charge in [0.1, 0.15) is 12.4 Å². The molecule has 0 saturated carbocycles. The van der Waals surface area contributed by atoms with Gasteiger partial charge in [0.15, 0.2) is 11.8 Å². The summed E-state index contributed by atoms with van der Waals surface area (Å²) in [5.74, 6) is 2.94. The minimum absolute atomic E-state index is 0. The molecule has 0 bridgehead atoms. The summed E-state index contributed by atoms with van der Waals surface area (Å²) in [6.07, 6.45) is 3.32. The number of fused-ring (bicyclic) bond motifs is 1. The number of aliphatic imine (C=N–C) groups is 1. The lowest BCUT2D eigenvalue weighted by atomic mass is 10.2. The normalized spacial score (nSPS) is 21.7. The van der Waals surface area contributed by atoms with Crippen molar-refractivity contribution in [3.63, 3.8) is 0 Å².